The molecule has 0 unspecified atom stereocenters. The van der Waals surface area contributed by atoms with Crippen molar-refractivity contribution in [3.05, 3.63) is 30.1 Å². The standard InChI is InChI=1S/C12H21NOSi/c1-12(2,3)15(4,5)14-10-11-8-6-7-9-13-11/h6-9H,10H2,1-5H3. The van der Waals surface area contributed by atoms with Crippen molar-refractivity contribution in [1.29, 1.82) is 0 Å². The quantitative estimate of drug-likeness (QED) is 0.730. The zero-order valence-electron chi connectivity index (χ0n) is 10.4. The Morgan fingerprint density at radius 1 is 1.27 bits per heavy atom. The zero-order valence-corrected chi connectivity index (χ0v) is 11.4. The van der Waals surface area contributed by atoms with E-state index in [-0.39, 0.29) is 5.04 Å². The Balaban J connectivity index is 2.58. The highest BCUT2D eigenvalue weighted by Gasteiger charge is 2.37. The average Bonchev–Trinajstić information content (AvgIpc) is 2.15. The van der Waals surface area contributed by atoms with E-state index in [4.69, 9.17) is 4.43 Å². The summed E-state index contributed by atoms with van der Waals surface area (Å²) in [4.78, 5) is 4.26. The number of nitrogens with zero attached hydrogens (tertiary/aromatic N) is 1. The molecule has 84 valence electrons. The molecule has 3 heteroatoms. The van der Waals surface area contributed by atoms with Crippen molar-refractivity contribution in [2.24, 2.45) is 0 Å². The highest BCUT2D eigenvalue weighted by Crippen LogP contribution is 2.36. The Hall–Kier alpha value is -0.673. The van der Waals surface area contributed by atoms with Crippen LogP contribution in [-0.2, 0) is 11.0 Å². The van der Waals surface area contributed by atoms with Crippen LogP contribution in [0.1, 0.15) is 26.5 Å². The lowest BCUT2D eigenvalue weighted by atomic mass is 10.2. The van der Waals surface area contributed by atoms with Crippen molar-refractivity contribution in [3.8, 4) is 0 Å². The van der Waals surface area contributed by atoms with E-state index in [0.29, 0.717) is 6.61 Å². The third-order valence-electron chi connectivity index (χ3n) is 3.11. The number of pyridine rings is 1. The van der Waals surface area contributed by atoms with Crippen LogP contribution in [0.5, 0.6) is 0 Å². The lowest BCUT2D eigenvalue weighted by Crippen LogP contribution is -2.40. The van der Waals surface area contributed by atoms with E-state index in [2.05, 4.69) is 38.8 Å². The summed E-state index contributed by atoms with van der Waals surface area (Å²) in [5, 5.41) is 0.266. The number of aromatic nitrogens is 1. The van der Waals surface area contributed by atoms with Crippen molar-refractivity contribution >= 4 is 8.32 Å². The number of hydrogen-bond donors (Lipinski definition) is 0. The predicted octanol–water partition coefficient (Wildman–Crippen LogP) is 3.60. The molecular weight excluding hydrogens is 202 g/mol. The topological polar surface area (TPSA) is 22.1 Å². The highest BCUT2D eigenvalue weighted by molar-refractivity contribution is 6.74. The molecule has 0 atom stereocenters. The van der Waals surface area contributed by atoms with E-state index >= 15 is 0 Å². The summed E-state index contributed by atoms with van der Waals surface area (Å²) in [5.74, 6) is 0. The largest absolute Gasteiger partial charge is 0.411 e. The molecule has 0 amide bonds. The molecule has 2 nitrogen and oxygen atoms in total. The summed E-state index contributed by atoms with van der Waals surface area (Å²) < 4.78 is 6.06. The van der Waals surface area contributed by atoms with Crippen LogP contribution in [0.4, 0.5) is 0 Å². The van der Waals surface area contributed by atoms with Crippen LogP contribution in [0.25, 0.3) is 0 Å². The molecule has 0 aliphatic rings. The summed E-state index contributed by atoms with van der Waals surface area (Å²) in [6.45, 7) is 11.9. The summed E-state index contributed by atoms with van der Waals surface area (Å²) in [5.41, 5.74) is 1.02. The molecule has 0 spiro atoms. The van der Waals surface area contributed by atoms with E-state index in [1.54, 1.807) is 0 Å². The lowest BCUT2D eigenvalue weighted by Gasteiger charge is -2.36. The Kier molecular flexibility index (Phi) is 3.68. The van der Waals surface area contributed by atoms with Gasteiger partial charge in [0.25, 0.3) is 0 Å². The number of rotatable bonds is 3. The monoisotopic (exact) mass is 223 g/mol. The van der Waals surface area contributed by atoms with Gasteiger partial charge >= 0.3 is 0 Å². The second-order valence-electron chi connectivity index (χ2n) is 5.37. The summed E-state index contributed by atoms with van der Waals surface area (Å²) in [6, 6.07) is 5.93. The van der Waals surface area contributed by atoms with Gasteiger partial charge in [-0.3, -0.25) is 4.98 Å². The fraction of sp³-hybridized carbons (Fsp3) is 0.583. The van der Waals surface area contributed by atoms with Crippen LogP contribution in [-0.4, -0.2) is 13.3 Å². The summed E-state index contributed by atoms with van der Waals surface area (Å²) in [7, 11) is -1.63. The van der Waals surface area contributed by atoms with Gasteiger partial charge in [-0.05, 0) is 30.3 Å². The van der Waals surface area contributed by atoms with Gasteiger partial charge < -0.3 is 4.43 Å². The molecule has 1 rings (SSSR count). The van der Waals surface area contributed by atoms with Crippen LogP contribution in [0, 0.1) is 0 Å². The van der Waals surface area contributed by atoms with E-state index in [0.717, 1.165) is 5.69 Å². The van der Waals surface area contributed by atoms with E-state index < -0.39 is 8.32 Å². The Bertz CT molecular complexity index is 303. The van der Waals surface area contributed by atoms with Crippen molar-refractivity contribution in [3.63, 3.8) is 0 Å². The maximum atomic E-state index is 6.06. The van der Waals surface area contributed by atoms with Gasteiger partial charge in [-0.2, -0.15) is 0 Å². The first-order valence-electron chi connectivity index (χ1n) is 5.37. The van der Waals surface area contributed by atoms with Crippen molar-refractivity contribution in [2.45, 2.75) is 45.5 Å². The maximum absolute atomic E-state index is 6.06. The van der Waals surface area contributed by atoms with Crippen LogP contribution in [0.2, 0.25) is 18.1 Å². The average molecular weight is 223 g/mol. The summed E-state index contributed by atoms with van der Waals surface area (Å²) in [6.07, 6.45) is 1.81. The molecule has 1 heterocycles. The van der Waals surface area contributed by atoms with Gasteiger partial charge in [0.15, 0.2) is 8.32 Å². The molecule has 0 aliphatic carbocycles. The van der Waals surface area contributed by atoms with Crippen LogP contribution in [0.3, 0.4) is 0 Å². The van der Waals surface area contributed by atoms with E-state index in [1.165, 1.54) is 0 Å². The first kappa shape index (κ1) is 12.4. The minimum absolute atomic E-state index is 0.266. The lowest BCUT2D eigenvalue weighted by molar-refractivity contribution is 0.272. The third kappa shape index (κ3) is 3.43. The molecule has 0 aliphatic heterocycles. The molecule has 0 aromatic carbocycles. The van der Waals surface area contributed by atoms with Gasteiger partial charge in [-0.1, -0.05) is 26.8 Å². The molecule has 0 saturated heterocycles. The highest BCUT2D eigenvalue weighted by atomic mass is 28.4. The normalized spacial score (nSPS) is 12.9. The molecule has 0 saturated carbocycles. The number of hydrogen-bond acceptors (Lipinski definition) is 2. The molecule has 0 radical (unpaired) electrons. The SMILES string of the molecule is CC(C)(C)[Si](C)(C)OCc1ccccn1. The molecule has 1 aromatic rings. The molecule has 15 heavy (non-hydrogen) atoms. The molecule has 0 bridgehead atoms. The third-order valence-corrected chi connectivity index (χ3v) is 7.59. The van der Waals surface area contributed by atoms with Crippen LogP contribution < -0.4 is 0 Å². The first-order chi connectivity index (χ1) is 6.83. The van der Waals surface area contributed by atoms with Gasteiger partial charge in [0.05, 0.1) is 12.3 Å². The van der Waals surface area contributed by atoms with Gasteiger partial charge in [0.2, 0.25) is 0 Å². The molecule has 0 fully saturated rings. The van der Waals surface area contributed by atoms with E-state index in [1.807, 2.05) is 24.4 Å². The molecule has 1 aromatic heterocycles. The molecular formula is C12H21NOSi. The van der Waals surface area contributed by atoms with Gasteiger partial charge in [0, 0.05) is 6.20 Å². The second-order valence-corrected chi connectivity index (χ2v) is 10.2. The smallest absolute Gasteiger partial charge is 0.192 e. The predicted molar refractivity (Wildman–Crippen MR) is 66.2 cm³/mol. The summed E-state index contributed by atoms with van der Waals surface area (Å²) >= 11 is 0. The van der Waals surface area contributed by atoms with Crippen LogP contribution >= 0.6 is 0 Å². The van der Waals surface area contributed by atoms with Gasteiger partial charge in [-0.25, -0.2) is 0 Å². The van der Waals surface area contributed by atoms with Crippen molar-refractivity contribution in [2.75, 3.05) is 0 Å². The Labute approximate surface area is 93.8 Å². The van der Waals surface area contributed by atoms with Gasteiger partial charge in [-0.15, -0.1) is 0 Å². The second kappa shape index (κ2) is 4.45. The maximum Gasteiger partial charge on any atom is 0.192 e. The minimum Gasteiger partial charge on any atom is -0.411 e. The van der Waals surface area contributed by atoms with Gasteiger partial charge in [0.1, 0.15) is 0 Å². The fourth-order valence-electron chi connectivity index (χ4n) is 0.954. The Morgan fingerprint density at radius 3 is 2.40 bits per heavy atom. The van der Waals surface area contributed by atoms with E-state index in [9.17, 15) is 0 Å². The molecule has 0 N–H and O–H groups in total. The zero-order chi connectivity index (χ0) is 11.5. The minimum atomic E-state index is -1.63. The van der Waals surface area contributed by atoms with Crippen LogP contribution in [0.15, 0.2) is 24.4 Å². The van der Waals surface area contributed by atoms with Crippen molar-refractivity contribution < 1.29 is 4.43 Å². The first-order valence-corrected chi connectivity index (χ1v) is 8.28. The Morgan fingerprint density at radius 2 is 1.93 bits per heavy atom. The fourth-order valence-corrected chi connectivity index (χ4v) is 1.90. The van der Waals surface area contributed by atoms with Crippen molar-refractivity contribution in [1.82, 2.24) is 4.98 Å².